The van der Waals surface area contributed by atoms with Crippen molar-refractivity contribution in [3.63, 3.8) is 0 Å². The number of methoxy groups -OCH3 is 1. The third-order valence-electron chi connectivity index (χ3n) is 5.93. The lowest BCUT2D eigenvalue weighted by atomic mass is 10.1. The molecule has 38 heavy (non-hydrogen) atoms. The Morgan fingerprint density at radius 2 is 1.87 bits per heavy atom. The Morgan fingerprint density at radius 3 is 2.61 bits per heavy atom. The molecule has 1 N–H and O–H groups in total. The largest absolute Gasteiger partial charge is 0.479 e. The molecule has 2 aromatic heterocycles. The van der Waals surface area contributed by atoms with Gasteiger partial charge in [-0.15, -0.1) is 0 Å². The molecule has 0 atom stereocenters. The number of rotatable bonds is 9. The normalized spacial score (nSPS) is 10.7. The van der Waals surface area contributed by atoms with Crippen LogP contribution < -0.4 is 10.1 Å². The van der Waals surface area contributed by atoms with E-state index in [0.717, 1.165) is 11.1 Å². The van der Waals surface area contributed by atoms with E-state index in [-0.39, 0.29) is 23.8 Å². The van der Waals surface area contributed by atoms with E-state index in [4.69, 9.17) is 13.9 Å². The number of esters is 1. The van der Waals surface area contributed by atoms with Crippen LogP contribution in [-0.2, 0) is 17.9 Å². The van der Waals surface area contributed by atoms with Gasteiger partial charge in [-0.25, -0.2) is 4.79 Å². The Morgan fingerprint density at radius 1 is 1.11 bits per heavy atom. The minimum absolute atomic E-state index is 0.0459. The summed E-state index contributed by atoms with van der Waals surface area (Å²) in [5, 5.41) is 18.6. The van der Waals surface area contributed by atoms with E-state index >= 15 is 0 Å². The number of aromatic nitrogens is 2. The first-order chi connectivity index (χ1) is 18.2. The molecule has 2 aromatic carbocycles. The van der Waals surface area contributed by atoms with Gasteiger partial charge in [0.15, 0.2) is 11.5 Å². The van der Waals surface area contributed by atoms with E-state index in [1.165, 1.54) is 25.3 Å². The highest BCUT2D eigenvalue weighted by atomic mass is 16.6. The van der Waals surface area contributed by atoms with Crippen molar-refractivity contribution in [1.29, 1.82) is 0 Å². The second kappa shape index (κ2) is 11.0. The fraction of sp³-hybridized carbons (Fsp3) is 0.222. The number of hydrogen-bond acceptors (Lipinski definition) is 8. The van der Waals surface area contributed by atoms with Gasteiger partial charge < -0.3 is 19.2 Å². The number of nitrogens with zero attached hydrogens (tertiary/aromatic N) is 3. The van der Waals surface area contributed by atoms with Crippen molar-refractivity contribution in [1.82, 2.24) is 9.78 Å². The summed E-state index contributed by atoms with van der Waals surface area (Å²) < 4.78 is 17.7. The van der Waals surface area contributed by atoms with Gasteiger partial charge in [0, 0.05) is 6.07 Å². The maximum atomic E-state index is 12.9. The van der Waals surface area contributed by atoms with Gasteiger partial charge in [-0.05, 0) is 56.2 Å². The number of nitro groups is 1. The zero-order valence-corrected chi connectivity index (χ0v) is 21.3. The predicted octanol–water partition coefficient (Wildman–Crippen LogP) is 4.98. The number of anilines is 1. The average Bonchev–Trinajstić information content (AvgIpc) is 3.48. The van der Waals surface area contributed by atoms with Gasteiger partial charge in [-0.3, -0.25) is 19.6 Å². The van der Waals surface area contributed by atoms with Crippen molar-refractivity contribution < 1.29 is 28.4 Å². The monoisotopic (exact) mass is 518 g/mol. The fourth-order valence-corrected chi connectivity index (χ4v) is 3.95. The molecule has 4 aromatic rings. The SMILES string of the molecule is COC(=O)c1ccccc1Cn1nc(C)c(NC(=O)c2ccc(COc3ccc(C)cc3[N+](=O)[O-])o2)c1C. The Hall–Kier alpha value is -4.93. The molecule has 0 aliphatic carbocycles. The summed E-state index contributed by atoms with van der Waals surface area (Å²) in [5.41, 5.74) is 3.57. The van der Waals surface area contributed by atoms with Gasteiger partial charge in [0.2, 0.25) is 0 Å². The number of ether oxygens (including phenoxy) is 2. The summed E-state index contributed by atoms with van der Waals surface area (Å²) in [4.78, 5) is 35.8. The smallest absolute Gasteiger partial charge is 0.338 e. The molecule has 0 saturated carbocycles. The van der Waals surface area contributed by atoms with Crippen molar-refractivity contribution in [2.45, 2.75) is 33.9 Å². The van der Waals surface area contributed by atoms with Crippen LogP contribution in [0.3, 0.4) is 0 Å². The van der Waals surface area contributed by atoms with Crippen molar-refractivity contribution in [3.05, 3.63) is 104 Å². The molecule has 1 amide bonds. The van der Waals surface area contributed by atoms with Gasteiger partial charge in [-0.1, -0.05) is 24.3 Å². The molecule has 0 aliphatic heterocycles. The number of nitro benzene ring substituents is 1. The molecule has 0 fully saturated rings. The van der Waals surface area contributed by atoms with Gasteiger partial charge in [0.05, 0.1) is 41.2 Å². The van der Waals surface area contributed by atoms with Crippen LogP contribution in [0.1, 0.15) is 49.2 Å². The number of carbonyl (C=O) groups is 2. The Bertz CT molecular complexity index is 1520. The first kappa shape index (κ1) is 26.1. The molecule has 196 valence electrons. The number of furan rings is 1. The summed E-state index contributed by atoms with van der Waals surface area (Å²) in [6, 6.07) is 14.8. The molecule has 0 saturated heterocycles. The maximum absolute atomic E-state index is 12.9. The van der Waals surface area contributed by atoms with Crippen LogP contribution in [0.25, 0.3) is 0 Å². The predicted molar refractivity (Wildman–Crippen MR) is 137 cm³/mol. The number of carbonyl (C=O) groups excluding carboxylic acids is 2. The van der Waals surface area contributed by atoms with Crippen LogP contribution in [0.5, 0.6) is 5.75 Å². The fourth-order valence-electron chi connectivity index (χ4n) is 3.95. The first-order valence-electron chi connectivity index (χ1n) is 11.7. The molecule has 0 spiro atoms. The Kier molecular flexibility index (Phi) is 7.56. The third-order valence-corrected chi connectivity index (χ3v) is 5.93. The molecule has 11 heteroatoms. The molecule has 0 aliphatic rings. The van der Waals surface area contributed by atoms with Crippen LogP contribution in [0.15, 0.2) is 59.0 Å². The zero-order chi connectivity index (χ0) is 27.4. The van der Waals surface area contributed by atoms with Crippen LogP contribution in [0, 0.1) is 30.9 Å². The van der Waals surface area contributed by atoms with Gasteiger partial charge in [-0.2, -0.15) is 5.10 Å². The van der Waals surface area contributed by atoms with E-state index in [1.54, 1.807) is 42.8 Å². The minimum atomic E-state index is -0.512. The van der Waals surface area contributed by atoms with E-state index in [2.05, 4.69) is 10.4 Å². The minimum Gasteiger partial charge on any atom is -0.479 e. The van der Waals surface area contributed by atoms with E-state index < -0.39 is 16.8 Å². The lowest BCUT2D eigenvalue weighted by Gasteiger charge is -2.10. The van der Waals surface area contributed by atoms with Gasteiger partial charge in [0.1, 0.15) is 12.4 Å². The number of aryl methyl sites for hydroxylation is 2. The summed E-state index contributed by atoms with van der Waals surface area (Å²) in [7, 11) is 1.33. The topological polar surface area (TPSA) is 139 Å². The van der Waals surface area contributed by atoms with Crippen LogP contribution in [0.4, 0.5) is 11.4 Å². The quantitative estimate of drug-likeness (QED) is 0.186. The van der Waals surface area contributed by atoms with E-state index in [1.807, 2.05) is 19.1 Å². The Labute approximate surface area is 218 Å². The van der Waals surface area contributed by atoms with E-state index in [0.29, 0.717) is 34.9 Å². The number of benzene rings is 2. The Balaban J connectivity index is 1.46. The first-order valence-corrected chi connectivity index (χ1v) is 11.7. The van der Waals surface area contributed by atoms with Crippen molar-refractivity contribution in [2.24, 2.45) is 0 Å². The maximum Gasteiger partial charge on any atom is 0.338 e. The second-order valence-electron chi connectivity index (χ2n) is 8.59. The molecule has 2 heterocycles. The molecule has 0 bridgehead atoms. The highest BCUT2D eigenvalue weighted by Gasteiger charge is 2.20. The highest BCUT2D eigenvalue weighted by Crippen LogP contribution is 2.29. The second-order valence-corrected chi connectivity index (χ2v) is 8.59. The average molecular weight is 519 g/mol. The van der Waals surface area contributed by atoms with Crippen molar-refractivity contribution in [3.8, 4) is 5.75 Å². The van der Waals surface area contributed by atoms with Crippen LogP contribution in [0.2, 0.25) is 0 Å². The van der Waals surface area contributed by atoms with Crippen LogP contribution in [-0.4, -0.2) is 33.7 Å². The molecular weight excluding hydrogens is 492 g/mol. The van der Waals surface area contributed by atoms with Gasteiger partial charge >= 0.3 is 11.7 Å². The lowest BCUT2D eigenvalue weighted by Crippen LogP contribution is -2.13. The summed E-state index contributed by atoms with van der Waals surface area (Å²) in [6.45, 7) is 5.55. The lowest BCUT2D eigenvalue weighted by molar-refractivity contribution is -0.386. The van der Waals surface area contributed by atoms with Crippen molar-refractivity contribution in [2.75, 3.05) is 12.4 Å². The zero-order valence-electron chi connectivity index (χ0n) is 21.3. The molecule has 0 radical (unpaired) electrons. The molecule has 0 unspecified atom stereocenters. The van der Waals surface area contributed by atoms with Crippen LogP contribution >= 0.6 is 0 Å². The number of hydrogen-bond donors (Lipinski definition) is 1. The number of nitrogens with one attached hydrogen (secondary N) is 1. The van der Waals surface area contributed by atoms with E-state index in [9.17, 15) is 19.7 Å². The molecular formula is C27H26N4O7. The third kappa shape index (κ3) is 5.56. The number of amides is 1. The summed E-state index contributed by atoms with van der Waals surface area (Å²) in [5.74, 6) is -0.447. The van der Waals surface area contributed by atoms with Gasteiger partial charge in [0.25, 0.3) is 5.91 Å². The molecule has 11 nitrogen and oxygen atoms in total. The highest BCUT2D eigenvalue weighted by molar-refractivity contribution is 6.03. The summed E-state index contributed by atoms with van der Waals surface area (Å²) in [6.07, 6.45) is 0. The van der Waals surface area contributed by atoms with Crippen molar-refractivity contribution >= 4 is 23.3 Å². The molecule has 4 rings (SSSR count). The standard InChI is InChI=1S/C27H26N4O7/c1-16-9-11-23(22(13-16)31(34)35)37-15-20-10-12-24(38-20)26(32)28-25-17(2)29-30(18(25)3)14-19-7-5-6-8-21(19)27(33)36-4/h5-13H,14-15H2,1-4H3,(H,28,32). The summed E-state index contributed by atoms with van der Waals surface area (Å²) >= 11 is 0.